The van der Waals surface area contributed by atoms with E-state index in [2.05, 4.69) is 38.1 Å². The summed E-state index contributed by atoms with van der Waals surface area (Å²) in [4.78, 5) is 25.3. The molecule has 0 fully saturated rings. The number of nitrogens with two attached hydrogens (primary N) is 1. The maximum absolute atomic E-state index is 12.8. The van der Waals surface area contributed by atoms with Gasteiger partial charge < -0.3 is 20.2 Å². The normalized spacial score (nSPS) is 11.2. The summed E-state index contributed by atoms with van der Waals surface area (Å²) >= 11 is 0. The van der Waals surface area contributed by atoms with Crippen molar-refractivity contribution in [2.75, 3.05) is 18.2 Å². The molecule has 0 spiro atoms. The van der Waals surface area contributed by atoms with Gasteiger partial charge in [0.2, 0.25) is 5.91 Å². The summed E-state index contributed by atoms with van der Waals surface area (Å²) in [7, 11) is 1.65. The monoisotopic (exact) mass is 438 g/mol. The lowest BCUT2D eigenvalue weighted by Crippen LogP contribution is -2.31. The predicted octanol–water partition coefficient (Wildman–Crippen LogP) is 4.29. The minimum atomic E-state index is -0.535. The number of hydrogen-bond acceptors (Lipinski definition) is 6. The van der Waals surface area contributed by atoms with Crippen molar-refractivity contribution in [2.24, 2.45) is 0 Å². The van der Waals surface area contributed by atoms with E-state index < -0.39 is 5.56 Å². The first-order chi connectivity index (χ1) is 15.1. The van der Waals surface area contributed by atoms with Gasteiger partial charge in [-0.05, 0) is 60.2 Å². The number of aryl methyl sites for hydroxylation is 1. The van der Waals surface area contributed by atoms with Crippen molar-refractivity contribution in [1.29, 1.82) is 0 Å². The lowest BCUT2D eigenvalue weighted by atomic mass is 9.93. The molecule has 0 saturated carbocycles. The van der Waals surface area contributed by atoms with E-state index in [4.69, 9.17) is 14.9 Å². The number of nitrogen functional groups attached to an aromatic ring is 1. The Balaban J connectivity index is 1.91. The van der Waals surface area contributed by atoms with Crippen molar-refractivity contribution in [3.8, 4) is 17.2 Å². The number of carbonyl (C=O) groups excluding carboxylic acids is 1. The molecule has 0 radical (unpaired) electrons. The molecule has 1 amide bonds. The van der Waals surface area contributed by atoms with E-state index in [9.17, 15) is 9.59 Å². The zero-order valence-corrected chi connectivity index (χ0v) is 19.4. The third kappa shape index (κ3) is 4.85. The molecule has 2 aromatic heterocycles. The molecule has 8 heteroatoms. The number of nitrogens with one attached hydrogen (secondary N) is 1. The Labute approximate surface area is 187 Å². The van der Waals surface area contributed by atoms with Crippen molar-refractivity contribution in [3.63, 3.8) is 0 Å². The van der Waals surface area contributed by atoms with Crippen molar-refractivity contribution in [3.05, 3.63) is 57.6 Å². The molecule has 3 aromatic rings. The van der Waals surface area contributed by atoms with Crippen molar-refractivity contribution in [1.82, 2.24) is 9.78 Å². The summed E-state index contributed by atoms with van der Waals surface area (Å²) < 4.78 is 12.3. The van der Waals surface area contributed by atoms with Gasteiger partial charge in [-0.25, -0.2) is 4.68 Å². The number of rotatable bonds is 7. The number of methoxy groups -OCH3 is 1. The lowest BCUT2D eigenvalue weighted by Gasteiger charge is -2.20. The second-order valence-corrected chi connectivity index (χ2v) is 8.40. The molecule has 32 heavy (non-hydrogen) atoms. The number of amides is 1. The maximum atomic E-state index is 12.8. The van der Waals surface area contributed by atoms with Crippen molar-refractivity contribution >= 4 is 17.3 Å². The zero-order valence-electron chi connectivity index (χ0n) is 19.4. The SMILES string of the molecule is COc1c(C(C)C)cc(NC(=O)Cn2nc(-c3ccc(C)o3)cc(N)c2=O)cc1C(C)C. The summed E-state index contributed by atoms with van der Waals surface area (Å²) in [6.07, 6.45) is 0. The van der Waals surface area contributed by atoms with E-state index in [1.54, 1.807) is 19.2 Å². The molecule has 0 aliphatic rings. The summed E-state index contributed by atoms with van der Waals surface area (Å²) in [5, 5.41) is 7.15. The molecule has 0 unspecified atom stereocenters. The minimum Gasteiger partial charge on any atom is -0.496 e. The molecule has 3 rings (SSSR count). The van der Waals surface area contributed by atoms with Gasteiger partial charge in [-0.3, -0.25) is 9.59 Å². The molecular weight excluding hydrogens is 408 g/mol. The Morgan fingerprint density at radius 2 is 1.78 bits per heavy atom. The van der Waals surface area contributed by atoms with Crippen LogP contribution in [0.3, 0.4) is 0 Å². The number of benzene rings is 1. The Hall–Kier alpha value is -3.55. The topological polar surface area (TPSA) is 112 Å². The second-order valence-electron chi connectivity index (χ2n) is 8.40. The fraction of sp³-hybridized carbons (Fsp3) is 0.375. The van der Waals surface area contributed by atoms with Gasteiger partial charge in [0.25, 0.3) is 5.56 Å². The highest BCUT2D eigenvalue weighted by molar-refractivity contribution is 5.91. The molecule has 8 nitrogen and oxygen atoms in total. The third-order valence-corrected chi connectivity index (χ3v) is 5.17. The fourth-order valence-electron chi connectivity index (χ4n) is 3.54. The van der Waals surface area contributed by atoms with E-state index in [1.165, 1.54) is 6.07 Å². The summed E-state index contributed by atoms with van der Waals surface area (Å²) in [6.45, 7) is 9.81. The number of aromatic nitrogens is 2. The molecule has 2 heterocycles. The van der Waals surface area contributed by atoms with Crippen LogP contribution in [-0.2, 0) is 11.3 Å². The van der Waals surface area contributed by atoms with Crippen LogP contribution in [0.1, 0.15) is 56.4 Å². The number of furan rings is 1. The third-order valence-electron chi connectivity index (χ3n) is 5.17. The first-order valence-electron chi connectivity index (χ1n) is 10.6. The van der Waals surface area contributed by atoms with E-state index in [0.717, 1.165) is 21.6 Å². The molecule has 3 N–H and O–H groups in total. The van der Waals surface area contributed by atoms with Gasteiger partial charge in [0.1, 0.15) is 29.4 Å². The van der Waals surface area contributed by atoms with E-state index in [1.807, 2.05) is 19.1 Å². The molecule has 0 atom stereocenters. The van der Waals surface area contributed by atoms with Gasteiger partial charge in [-0.1, -0.05) is 27.7 Å². The highest BCUT2D eigenvalue weighted by atomic mass is 16.5. The van der Waals surface area contributed by atoms with Gasteiger partial charge in [0.05, 0.1) is 7.11 Å². The highest BCUT2D eigenvalue weighted by Crippen LogP contribution is 2.37. The molecule has 0 saturated heterocycles. The molecule has 0 bridgehead atoms. The van der Waals surface area contributed by atoms with Crippen LogP contribution in [0.25, 0.3) is 11.5 Å². The highest BCUT2D eigenvalue weighted by Gasteiger charge is 2.18. The average Bonchev–Trinajstić information content (AvgIpc) is 3.16. The van der Waals surface area contributed by atoms with Crippen LogP contribution in [0.15, 0.2) is 39.5 Å². The predicted molar refractivity (Wildman–Crippen MR) is 125 cm³/mol. The van der Waals surface area contributed by atoms with E-state index in [-0.39, 0.29) is 30.0 Å². The van der Waals surface area contributed by atoms with Gasteiger partial charge in [-0.15, -0.1) is 0 Å². The Kier molecular flexibility index (Phi) is 6.72. The summed E-state index contributed by atoms with van der Waals surface area (Å²) in [6, 6.07) is 8.78. The van der Waals surface area contributed by atoms with Crippen LogP contribution >= 0.6 is 0 Å². The van der Waals surface area contributed by atoms with Crippen LogP contribution in [-0.4, -0.2) is 22.8 Å². The van der Waals surface area contributed by atoms with Crippen LogP contribution in [0, 0.1) is 6.92 Å². The largest absolute Gasteiger partial charge is 0.496 e. The van der Waals surface area contributed by atoms with Crippen LogP contribution < -0.4 is 21.3 Å². The van der Waals surface area contributed by atoms with Crippen LogP contribution in [0.5, 0.6) is 5.75 Å². The quantitative estimate of drug-likeness (QED) is 0.569. The molecule has 1 aromatic carbocycles. The number of anilines is 2. The summed E-state index contributed by atoms with van der Waals surface area (Å²) in [5.41, 5.74) is 8.36. The fourth-order valence-corrected chi connectivity index (χ4v) is 3.54. The van der Waals surface area contributed by atoms with E-state index in [0.29, 0.717) is 22.9 Å². The van der Waals surface area contributed by atoms with Crippen molar-refractivity contribution < 1.29 is 13.9 Å². The number of carbonyl (C=O) groups is 1. The van der Waals surface area contributed by atoms with Crippen molar-refractivity contribution in [2.45, 2.75) is 53.0 Å². The molecular formula is C24H30N4O4. The average molecular weight is 439 g/mol. The number of ether oxygens (including phenoxy) is 1. The molecule has 0 aliphatic heterocycles. The minimum absolute atomic E-state index is 0.00881. The zero-order chi connectivity index (χ0) is 23.6. The van der Waals surface area contributed by atoms with Crippen LogP contribution in [0.4, 0.5) is 11.4 Å². The Bertz CT molecular complexity index is 1160. The Morgan fingerprint density at radius 3 is 2.28 bits per heavy atom. The van der Waals surface area contributed by atoms with Gasteiger partial charge in [-0.2, -0.15) is 5.10 Å². The first kappa shape index (κ1) is 23.1. The number of hydrogen-bond donors (Lipinski definition) is 2. The standard InChI is InChI=1S/C24H30N4O4/c1-13(2)17-9-16(10-18(14(3)4)23(17)31-6)26-22(29)12-28-24(30)19(25)11-20(27-28)21-8-7-15(5)32-21/h7-11,13-14H,12,25H2,1-6H3,(H,26,29). The second kappa shape index (κ2) is 9.30. The molecule has 170 valence electrons. The van der Waals surface area contributed by atoms with Gasteiger partial charge >= 0.3 is 0 Å². The number of nitrogens with zero attached hydrogens (tertiary/aromatic N) is 2. The smallest absolute Gasteiger partial charge is 0.290 e. The Morgan fingerprint density at radius 1 is 1.16 bits per heavy atom. The maximum Gasteiger partial charge on any atom is 0.290 e. The van der Waals surface area contributed by atoms with E-state index >= 15 is 0 Å². The van der Waals surface area contributed by atoms with Gasteiger partial charge in [0.15, 0.2) is 5.76 Å². The lowest BCUT2D eigenvalue weighted by molar-refractivity contribution is -0.117. The molecule has 0 aliphatic carbocycles. The summed E-state index contributed by atoms with van der Waals surface area (Å²) in [5.74, 6) is 2.04. The van der Waals surface area contributed by atoms with Crippen LogP contribution in [0.2, 0.25) is 0 Å². The first-order valence-corrected chi connectivity index (χ1v) is 10.6. The van der Waals surface area contributed by atoms with Gasteiger partial charge in [0, 0.05) is 5.69 Å².